The van der Waals surface area contributed by atoms with E-state index in [1.54, 1.807) is 12.4 Å². The SMILES string of the molecule is Clc1ccc(-c2cccc(CN3CCc4nc(-c5ccncc5)ncc4C3)n2)cc1. The molecule has 6 heteroatoms. The van der Waals surface area contributed by atoms with Crippen LogP contribution in [0.4, 0.5) is 0 Å². The van der Waals surface area contributed by atoms with Crippen molar-refractivity contribution in [2.24, 2.45) is 0 Å². The van der Waals surface area contributed by atoms with E-state index in [1.165, 1.54) is 5.56 Å². The fraction of sp³-hybridized carbons (Fsp3) is 0.167. The van der Waals surface area contributed by atoms with Crippen LogP contribution in [0.25, 0.3) is 22.6 Å². The van der Waals surface area contributed by atoms with Crippen LogP contribution in [0.2, 0.25) is 5.02 Å². The molecule has 3 aromatic heterocycles. The molecular formula is C24H20ClN5. The molecule has 0 atom stereocenters. The number of hydrogen-bond donors (Lipinski definition) is 0. The summed E-state index contributed by atoms with van der Waals surface area (Å²) in [6.45, 7) is 2.58. The highest BCUT2D eigenvalue weighted by molar-refractivity contribution is 6.30. The molecule has 0 aliphatic carbocycles. The van der Waals surface area contributed by atoms with E-state index in [4.69, 9.17) is 21.6 Å². The van der Waals surface area contributed by atoms with Crippen molar-refractivity contribution in [1.82, 2.24) is 24.8 Å². The van der Waals surface area contributed by atoms with Crippen LogP contribution in [0.1, 0.15) is 17.0 Å². The Balaban J connectivity index is 1.31. The van der Waals surface area contributed by atoms with E-state index in [-0.39, 0.29) is 0 Å². The molecule has 0 fully saturated rings. The van der Waals surface area contributed by atoms with Crippen LogP contribution >= 0.6 is 11.6 Å². The van der Waals surface area contributed by atoms with Crippen LogP contribution in [-0.4, -0.2) is 31.4 Å². The van der Waals surface area contributed by atoms with Gasteiger partial charge in [0.25, 0.3) is 0 Å². The highest BCUT2D eigenvalue weighted by Gasteiger charge is 2.19. The normalized spacial score (nSPS) is 13.8. The Kier molecular flexibility index (Phi) is 5.22. The maximum Gasteiger partial charge on any atom is 0.159 e. The van der Waals surface area contributed by atoms with Crippen molar-refractivity contribution >= 4 is 11.6 Å². The molecule has 1 aliphatic rings. The maximum atomic E-state index is 6.00. The zero-order valence-electron chi connectivity index (χ0n) is 16.4. The van der Waals surface area contributed by atoms with Gasteiger partial charge in [0.15, 0.2) is 5.82 Å². The Morgan fingerprint density at radius 3 is 2.57 bits per heavy atom. The third-order valence-electron chi connectivity index (χ3n) is 5.28. The largest absolute Gasteiger partial charge is 0.293 e. The summed E-state index contributed by atoms with van der Waals surface area (Å²) in [4.78, 5) is 20.7. The lowest BCUT2D eigenvalue weighted by molar-refractivity contribution is 0.240. The summed E-state index contributed by atoms with van der Waals surface area (Å²) in [7, 11) is 0. The zero-order chi connectivity index (χ0) is 20.3. The Bertz CT molecular complexity index is 1160. The maximum absolute atomic E-state index is 6.00. The Labute approximate surface area is 180 Å². The number of fused-ring (bicyclic) bond motifs is 1. The fourth-order valence-electron chi connectivity index (χ4n) is 3.73. The third-order valence-corrected chi connectivity index (χ3v) is 5.54. The van der Waals surface area contributed by atoms with E-state index >= 15 is 0 Å². The smallest absolute Gasteiger partial charge is 0.159 e. The lowest BCUT2D eigenvalue weighted by Gasteiger charge is -2.27. The minimum absolute atomic E-state index is 0.733. The summed E-state index contributed by atoms with van der Waals surface area (Å²) in [5, 5.41) is 0.733. The van der Waals surface area contributed by atoms with Crippen LogP contribution in [0.5, 0.6) is 0 Å². The molecule has 148 valence electrons. The summed E-state index contributed by atoms with van der Waals surface area (Å²) in [6, 6.07) is 17.9. The van der Waals surface area contributed by atoms with Crippen LogP contribution in [-0.2, 0) is 19.5 Å². The summed E-state index contributed by atoms with van der Waals surface area (Å²) in [6.07, 6.45) is 6.41. The van der Waals surface area contributed by atoms with Crippen molar-refractivity contribution in [2.45, 2.75) is 19.5 Å². The van der Waals surface area contributed by atoms with Crippen molar-refractivity contribution in [3.63, 3.8) is 0 Å². The number of nitrogens with zero attached hydrogens (tertiary/aromatic N) is 5. The van der Waals surface area contributed by atoms with Gasteiger partial charge in [0.05, 0.1) is 17.1 Å². The summed E-state index contributed by atoms with van der Waals surface area (Å²) in [5.74, 6) is 0.766. The number of hydrogen-bond acceptors (Lipinski definition) is 5. The lowest BCUT2D eigenvalue weighted by Crippen LogP contribution is -2.31. The van der Waals surface area contributed by atoms with Gasteiger partial charge in [0, 0.05) is 66.4 Å². The van der Waals surface area contributed by atoms with Gasteiger partial charge in [0.1, 0.15) is 0 Å². The standard InChI is InChI=1S/C24H20ClN5/c25-20-6-4-17(5-7-20)22-3-1-2-21(28-22)16-30-13-10-23-19(15-30)14-27-24(29-23)18-8-11-26-12-9-18/h1-9,11-12,14H,10,13,15-16H2. The van der Waals surface area contributed by atoms with Gasteiger partial charge in [-0.05, 0) is 36.4 Å². The first-order valence-electron chi connectivity index (χ1n) is 9.94. The van der Waals surface area contributed by atoms with E-state index in [1.807, 2.05) is 48.7 Å². The molecule has 5 rings (SSSR count). The average molecular weight is 414 g/mol. The molecule has 4 aromatic rings. The second-order valence-electron chi connectivity index (χ2n) is 7.38. The number of pyridine rings is 2. The molecule has 30 heavy (non-hydrogen) atoms. The molecule has 5 nitrogen and oxygen atoms in total. The summed E-state index contributed by atoms with van der Waals surface area (Å²) in [5.41, 5.74) is 6.41. The number of rotatable bonds is 4. The number of benzene rings is 1. The van der Waals surface area contributed by atoms with Gasteiger partial charge in [-0.2, -0.15) is 0 Å². The van der Waals surface area contributed by atoms with Gasteiger partial charge < -0.3 is 0 Å². The third kappa shape index (κ3) is 4.08. The van der Waals surface area contributed by atoms with Crippen LogP contribution in [0.3, 0.4) is 0 Å². The molecule has 0 bridgehead atoms. The summed E-state index contributed by atoms with van der Waals surface area (Å²) < 4.78 is 0. The molecule has 0 unspecified atom stereocenters. The molecule has 0 saturated heterocycles. The van der Waals surface area contributed by atoms with Gasteiger partial charge in [-0.1, -0.05) is 29.8 Å². The van der Waals surface area contributed by atoms with Crippen LogP contribution in [0, 0.1) is 0 Å². The fourth-order valence-corrected chi connectivity index (χ4v) is 3.85. The first-order valence-corrected chi connectivity index (χ1v) is 10.3. The summed E-state index contributed by atoms with van der Waals surface area (Å²) >= 11 is 6.00. The predicted molar refractivity (Wildman–Crippen MR) is 118 cm³/mol. The van der Waals surface area contributed by atoms with Crippen LogP contribution < -0.4 is 0 Å². The Hall–Kier alpha value is -3.15. The molecule has 0 N–H and O–H groups in total. The Morgan fingerprint density at radius 1 is 0.900 bits per heavy atom. The lowest BCUT2D eigenvalue weighted by atomic mass is 10.1. The molecule has 0 amide bonds. The monoisotopic (exact) mass is 413 g/mol. The molecule has 1 aromatic carbocycles. The predicted octanol–water partition coefficient (Wildman–Crippen LogP) is 4.81. The van der Waals surface area contributed by atoms with E-state index in [2.05, 4.69) is 27.0 Å². The van der Waals surface area contributed by atoms with E-state index in [0.29, 0.717) is 0 Å². The molecule has 0 saturated carbocycles. The molecule has 4 heterocycles. The minimum Gasteiger partial charge on any atom is -0.293 e. The zero-order valence-corrected chi connectivity index (χ0v) is 17.1. The van der Waals surface area contributed by atoms with E-state index in [0.717, 1.165) is 65.1 Å². The van der Waals surface area contributed by atoms with E-state index < -0.39 is 0 Å². The van der Waals surface area contributed by atoms with Gasteiger partial charge in [-0.25, -0.2) is 9.97 Å². The molecule has 0 radical (unpaired) electrons. The first-order chi connectivity index (χ1) is 14.7. The number of aromatic nitrogens is 4. The Morgan fingerprint density at radius 2 is 1.73 bits per heavy atom. The number of halogens is 1. The highest BCUT2D eigenvalue weighted by Crippen LogP contribution is 2.23. The minimum atomic E-state index is 0.733. The van der Waals surface area contributed by atoms with Gasteiger partial charge in [0.2, 0.25) is 0 Å². The van der Waals surface area contributed by atoms with Gasteiger partial charge in [-0.3, -0.25) is 14.9 Å². The highest BCUT2D eigenvalue weighted by atomic mass is 35.5. The second-order valence-corrected chi connectivity index (χ2v) is 7.82. The first kappa shape index (κ1) is 18.9. The van der Waals surface area contributed by atoms with Crippen molar-refractivity contribution in [3.8, 4) is 22.6 Å². The van der Waals surface area contributed by atoms with E-state index in [9.17, 15) is 0 Å². The van der Waals surface area contributed by atoms with Crippen LogP contribution in [0.15, 0.2) is 73.2 Å². The second kappa shape index (κ2) is 8.30. The quantitative estimate of drug-likeness (QED) is 0.480. The van der Waals surface area contributed by atoms with Gasteiger partial charge in [-0.15, -0.1) is 0 Å². The molecule has 1 aliphatic heterocycles. The van der Waals surface area contributed by atoms with Gasteiger partial charge >= 0.3 is 0 Å². The average Bonchev–Trinajstić information content (AvgIpc) is 2.80. The molecule has 0 spiro atoms. The topological polar surface area (TPSA) is 54.8 Å². The van der Waals surface area contributed by atoms with Crippen molar-refractivity contribution in [3.05, 3.63) is 95.2 Å². The van der Waals surface area contributed by atoms with Crippen molar-refractivity contribution < 1.29 is 0 Å². The van der Waals surface area contributed by atoms with Crippen molar-refractivity contribution in [1.29, 1.82) is 0 Å². The molecular weight excluding hydrogens is 394 g/mol. The van der Waals surface area contributed by atoms with Crippen molar-refractivity contribution in [2.75, 3.05) is 6.54 Å².